The molecule has 5 rings (SSSR count). The molecule has 11 heteroatoms. The Bertz CT molecular complexity index is 1360. The van der Waals surface area contributed by atoms with Crippen molar-refractivity contribution in [1.29, 1.82) is 0 Å². The molecule has 11 nitrogen and oxygen atoms in total. The Morgan fingerprint density at radius 1 is 1.21 bits per heavy atom. The van der Waals surface area contributed by atoms with E-state index in [9.17, 15) is 9.59 Å². The number of anilines is 2. The minimum absolute atomic E-state index is 0.0832. The molecule has 4 heterocycles. The molecule has 0 unspecified atom stereocenters. The summed E-state index contributed by atoms with van der Waals surface area (Å²) in [7, 11) is 2.12. The van der Waals surface area contributed by atoms with Crippen LogP contribution in [0.3, 0.4) is 0 Å². The molecule has 2 fully saturated rings. The summed E-state index contributed by atoms with van der Waals surface area (Å²) in [6.07, 6.45) is 5.06. The van der Waals surface area contributed by atoms with E-state index in [0.29, 0.717) is 37.3 Å². The Labute approximate surface area is 228 Å². The summed E-state index contributed by atoms with van der Waals surface area (Å²) in [5.41, 5.74) is 3.43. The Morgan fingerprint density at radius 2 is 1.97 bits per heavy atom. The van der Waals surface area contributed by atoms with Crippen LogP contribution in [0.4, 0.5) is 11.6 Å². The van der Waals surface area contributed by atoms with Gasteiger partial charge in [0.1, 0.15) is 6.10 Å². The van der Waals surface area contributed by atoms with E-state index in [1.807, 2.05) is 30.5 Å². The topological polar surface area (TPSA) is 117 Å². The quantitative estimate of drug-likeness (QED) is 0.404. The van der Waals surface area contributed by atoms with Gasteiger partial charge >= 0.3 is 6.01 Å². The molecule has 2 amide bonds. The van der Waals surface area contributed by atoms with Crippen LogP contribution in [-0.4, -0.2) is 80.5 Å². The van der Waals surface area contributed by atoms with Crippen LogP contribution in [0.1, 0.15) is 43.7 Å². The van der Waals surface area contributed by atoms with Crippen LogP contribution in [0.15, 0.2) is 43.1 Å². The summed E-state index contributed by atoms with van der Waals surface area (Å²) in [4.78, 5) is 37.6. The highest BCUT2D eigenvalue weighted by Gasteiger charge is 2.34. The highest BCUT2D eigenvalue weighted by atomic mass is 16.5. The molecule has 3 aromatic rings. The number of likely N-dealkylation sites (tertiary alicyclic amines) is 2. The third kappa shape index (κ3) is 6.03. The zero-order valence-corrected chi connectivity index (χ0v) is 22.8. The Balaban J connectivity index is 1.28. The zero-order chi connectivity index (χ0) is 27.5. The van der Waals surface area contributed by atoms with Crippen molar-refractivity contribution in [3.05, 3.63) is 54.2 Å². The first-order valence-electron chi connectivity index (χ1n) is 13.5. The van der Waals surface area contributed by atoms with Crippen LogP contribution in [-0.2, 0) is 16.1 Å². The Morgan fingerprint density at radius 3 is 2.69 bits per heavy atom. The van der Waals surface area contributed by atoms with Gasteiger partial charge in [-0.05, 0) is 49.6 Å². The van der Waals surface area contributed by atoms with E-state index in [2.05, 4.69) is 53.1 Å². The molecule has 0 saturated carbocycles. The van der Waals surface area contributed by atoms with E-state index in [1.165, 1.54) is 6.08 Å². The molecule has 0 radical (unpaired) electrons. The molecule has 0 spiro atoms. The van der Waals surface area contributed by atoms with Crippen LogP contribution in [0.2, 0.25) is 0 Å². The molecule has 2 N–H and O–H groups in total. The number of benzene rings is 1. The highest BCUT2D eigenvalue weighted by molar-refractivity contribution is 5.96. The van der Waals surface area contributed by atoms with Crippen molar-refractivity contribution < 1.29 is 14.3 Å². The fourth-order valence-corrected chi connectivity index (χ4v) is 4.84. The third-order valence-corrected chi connectivity index (χ3v) is 7.32. The molecular formula is C28H36N8O3. The predicted octanol–water partition coefficient (Wildman–Crippen LogP) is 2.92. The van der Waals surface area contributed by atoms with E-state index >= 15 is 0 Å². The van der Waals surface area contributed by atoms with E-state index < -0.39 is 0 Å². The van der Waals surface area contributed by atoms with E-state index in [0.717, 1.165) is 42.7 Å². The summed E-state index contributed by atoms with van der Waals surface area (Å²) in [6.45, 7) is 11.0. The number of piperidine rings is 1. The standard InChI is InChI=1S/C28H36N8O3/c1-5-24(37)35-16-20(17-35)26(38)31-21-8-6-7-19(13-21)14-29-27-33-28(39-22-9-11-34(4)12-10-22)32-25-23(18(2)3)15-30-36(25)27/h5-8,13,15,18,20,22H,1,9-12,14,16-17H2,2-4H3,(H,31,38)(H,29,32,33). The second-order valence-corrected chi connectivity index (χ2v) is 10.6. The van der Waals surface area contributed by atoms with Gasteiger partial charge in [0.25, 0.3) is 0 Å². The summed E-state index contributed by atoms with van der Waals surface area (Å²) in [5, 5.41) is 10.9. The van der Waals surface area contributed by atoms with Crippen molar-refractivity contribution in [3.8, 4) is 6.01 Å². The maximum Gasteiger partial charge on any atom is 0.322 e. The van der Waals surface area contributed by atoms with Crippen molar-refractivity contribution in [2.75, 3.05) is 43.9 Å². The number of aromatic nitrogens is 4. The molecule has 2 saturated heterocycles. The lowest BCUT2D eigenvalue weighted by atomic mass is 9.99. The maximum atomic E-state index is 12.6. The molecule has 39 heavy (non-hydrogen) atoms. The summed E-state index contributed by atoms with van der Waals surface area (Å²) in [5.74, 6) is 0.329. The monoisotopic (exact) mass is 532 g/mol. The number of hydrogen-bond donors (Lipinski definition) is 2. The first-order chi connectivity index (χ1) is 18.8. The van der Waals surface area contributed by atoms with Gasteiger partial charge in [0, 0.05) is 44.0 Å². The van der Waals surface area contributed by atoms with Gasteiger partial charge in [-0.2, -0.15) is 19.6 Å². The maximum absolute atomic E-state index is 12.6. The highest BCUT2D eigenvalue weighted by Crippen LogP contribution is 2.25. The number of fused-ring (bicyclic) bond motifs is 1. The number of carbonyl (C=O) groups is 2. The lowest BCUT2D eigenvalue weighted by molar-refractivity contribution is -0.137. The van der Waals surface area contributed by atoms with Crippen LogP contribution in [0.25, 0.3) is 5.65 Å². The summed E-state index contributed by atoms with van der Waals surface area (Å²) >= 11 is 0. The van der Waals surface area contributed by atoms with Crippen LogP contribution < -0.4 is 15.4 Å². The largest absolute Gasteiger partial charge is 0.460 e. The molecule has 2 aliphatic heterocycles. The van der Waals surface area contributed by atoms with Gasteiger partial charge < -0.3 is 25.2 Å². The van der Waals surface area contributed by atoms with Gasteiger partial charge in [-0.3, -0.25) is 9.59 Å². The van der Waals surface area contributed by atoms with Crippen molar-refractivity contribution in [3.63, 3.8) is 0 Å². The average Bonchev–Trinajstić information content (AvgIpc) is 3.32. The van der Waals surface area contributed by atoms with Crippen molar-refractivity contribution >= 4 is 29.1 Å². The number of rotatable bonds is 9. The molecule has 0 atom stereocenters. The summed E-state index contributed by atoms with van der Waals surface area (Å²) in [6, 6.07) is 8.01. The van der Waals surface area contributed by atoms with E-state index in [-0.39, 0.29) is 29.8 Å². The van der Waals surface area contributed by atoms with Gasteiger partial charge in [-0.1, -0.05) is 32.6 Å². The van der Waals surface area contributed by atoms with Crippen molar-refractivity contribution in [2.24, 2.45) is 5.92 Å². The van der Waals surface area contributed by atoms with Crippen molar-refractivity contribution in [1.82, 2.24) is 29.4 Å². The zero-order valence-electron chi connectivity index (χ0n) is 22.8. The van der Waals surface area contributed by atoms with Gasteiger partial charge in [0.05, 0.1) is 12.1 Å². The molecule has 1 aromatic carbocycles. The smallest absolute Gasteiger partial charge is 0.322 e. The predicted molar refractivity (Wildman–Crippen MR) is 149 cm³/mol. The average molecular weight is 533 g/mol. The lowest BCUT2D eigenvalue weighted by Gasteiger charge is -2.37. The SMILES string of the molecule is C=CC(=O)N1CC(C(=O)Nc2cccc(CNc3nc(OC4CCN(C)CC4)nc4c(C(C)C)cnn34)c2)C1. The van der Waals surface area contributed by atoms with Gasteiger partial charge in [-0.25, -0.2) is 0 Å². The fraction of sp³-hybridized carbons (Fsp3) is 0.464. The number of carbonyl (C=O) groups excluding carboxylic acids is 2. The van der Waals surface area contributed by atoms with E-state index in [4.69, 9.17) is 9.72 Å². The second-order valence-electron chi connectivity index (χ2n) is 10.6. The number of hydrogen-bond acceptors (Lipinski definition) is 8. The normalized spacial score (nSPS) is 16.8. The molecule has 2 aliphatic rings. The minimum atomic E-state index is -0.220. The Kier molecular flexibility index (Phi) is 7.78. The van der Waals surface area contributed by atoms with Gasteiger partial charge in [-0.15, -0.1) is 0 Å². The molecule has 0 bridgehead atoms. The van der Waals surface area contributed by atoms with Gasteiger partial charge in [0.15, 0.2) is 5.65 Å². The number of ether oxygens (including phenoxy) is 1. The van der Waals surface area contributed by atoms with E-state index in [1.54, 1.807) is 9.42 Å². The van der Waals surface area contributed by atoms with Crippen molar-refractivity contribution in [2.45, 2.75) is 45.3 Å². The second kappa shape index (κ2) is 11.4. The summed E-state index contributed by atoms with van der Waals surface area (Å²) < 4.78 is 7.95. The first-order valence-corrected chi connectivity index (χ1v) is 13.5. The molecule has 0 aliphatic carbocycles. The Hall–Kier alpha value is -3.99. The van der Waals surface area contributed by atoms with Crippen LogP contribution in [0, 0.1) is 5.92 Å². The third-order valence-electron chi connectivity index (χ3n) is 7.32. The number of amides is 2. The number of nitrogens with one attached hydrogen (secondary N) is 2. The van der Waals surface area contributed by atoms with Gasteiger partial charge in [0.2, 0.25) is 17.8 Å². The molecule has 2 aromatic heterocycles. The minimum Gasteiger partial charge on any atom is -0.460 e. The number of nitrogens with zero attached hydrogens (tertiary/aromatic N) is 6. The van der Waals surface area contributed by atoms with Crippen LogP contribution >= 0.6 is 0 Å². The first kappa shape index (κ1) is 26.6. The molecular weight excluding hydrogens is 496 g/mol. The van der Waals surface area contributed by atoms with Crippen LogP contribution in [0.5, 0.6) is 6.01 Å². The fourth-order valence-electron chi connectivity index (χ4n) is 4.84. The lowest BCUT2D eigenvalue weighted by Crippen LogP contribution is -2.53. The molecule has 206 valence electrons.